The molecule has 12 nitrogen and oxygen atoms in total. The summed E-state index contributed by atoms with van der Waals surface area (Å²) in [6.07, 6.45) is 0.879. The normalized spacial score (nSPS) is 16.7. The number of benzene rings is 6. The molecule has 2 heterocycles. The molecule has 2 saturated heterocycles. The molecular formula is C62H63N3O9. The third-order valence-electron chi connectivity index (χ3n) is 12.4. The van der Waals surface area contributed by atoms with E-state index in [0.717, 1.165) is 33.4 Å². The van der Waals surface area contributed by atoms with Gasteiger partial charge in [0.2, 0.25) is 11.8 Å². The molecule has 0 radical (unpaired) electrons. The van der Waals surface area contributed by atoms with E-state index in [1.807, 2.05) is 182 Å². The Bertz CT molecular complexity index is 2750. The second kappa shape index (κ2) is 29.3. The minimum Gasteiger partial charge on any atom is -0.469 e. The zero-order valence-electron chi connectivity index (χ0n) is 42.0. The predicted octanol–water partition coefficient (Wildman–Crippen LogP) is 8.81. The zero-order chi connectivity index (χ0) is 52.5. The van der Waals surface area contributed by atoms with E-state index in [0.29, 0.717) is 32.4 Å². The van der Waals surface area contributed by atoms with E-state index in [-0.39, 0.29) is 43.5 Å². The minimum absolute atomic E-state index is 0.111. The van der Waals surface area contributed by atoms with Crippen molar-refractivity contribution in [2.24, 2.45) is 0 Å². The fraction of sp³-hybridized carbons (Fsp3) is 0.274. The van der Waals surface area contributed by atoms with E-state index >= 15 is 0 Å². The quantitative estimate of drug-likeness (QED) is 0.0561. The number of likely N-dealkylation sites (tertiary alicyclic amines) is 2. The van der Waals surface area contributed by atoms with Crippen molar-refractivity contribution in [3.63, 3.8) is 0 Å². The number of carbonyl (C=O) groups is 4. The molecule has 8 rings (SSSR count). The molecule has 0 saturated carbocycles. The van der Waals surface area contributed by atoms with Crippen LogP contribution in [-0.2, 0) is 38.1 Å². The molecule has 0 bridgehead atoms. The number of rotatable bonds is 11. The number of esters is 2. The first-order valence-electron chi connectivity index (χ1n) is 24.6. The predicted molar refractivity (Wildman–Crippen MR) is 285 cm³/mol. The molecule has 6 aromatic carbocycles. The van der Waals surface area contributed by atoms with Crippen molar-refractivity contribution in [1.82, 2.24) is 9.80 Å². The number of hydrogen-bond donors (Lipinski definition) is 2. The Balaban J connectivity index is 0.000000200. The van der Waals surface area contributed by atoms with E-state index in [1.54, 1.807) is 16.7 Å². The van der Waals surface area contributed by atoms with Gasteiger partial charge in [0.05, 0.1) is 38.3 Å². The van der Waals surface area contributed by atoms with Crippen LogP contribution in [0.15, 0.2) is 182 Å². The molecule has 2 amide bonds. The third-order valence-corrected chi connectivity index (χ3v) is 12.4. The van der Waals surface area contributed by atoms with Crippen molar-refractivity contribution >= 4 is 29.7 Å². The van der Waals surface area contributed by atoms with Gasteiger partial charge < -0.3 is 33.9 Å². The first kappa shape index (κ1) is 55.0. The maximum atomic E-state index is 13.9. The largest absolute Gasteiger partial charge is 0.469 e. The van der Waals surface area contributed by atoms with Crippen LogP contribution >= 0.6 is 0 Å². The highest BCUT2D eigenvalue weighted by Crippen LogP contribution is 2.32. The molecule has 0 unspecified atom stereocenters. The third kappa shape index (κ3) is 16.4. The maximum absolute atomic E-state index is 13.9. The van der Waals surface area contributed by atoms with Crippen molar-refractivity contribution in [3.8, 4) is 23.7 Å². The lowest BCUT2D eigenvalue weighted by Gasteiger charge is -2.39. The van der Waals surface area contributed by atoms with Gasteiger partial charge in [-0.05, 0) is 59.4 Å². The summed E-state index contributed by atoms with van der Waals surface area (Å²) in [5.41, 5.74) is 5.42. The summed E-state index contributed by atoms with van der Waals surface area (Å²) in [4.78, 5) is 55.5. The van der Waals surface area contributed by atoms with Crippen LogP contribution in [0.3, 0.4) is 0 Å². The Morgan fingerprint density at radius 1 is 0.541 bits per heavy atom. The van der Waals surface area contributed by atoms with Crippen LogP contribution in [0.25, 0.3) is 0 Å². The second-order valence-corrected chi connectivity index (χ2v) is 17.5. The number of aliphatic hydroxyl groups is 1. The van der Waals surface area contributed by atoms with Gasteiger partial charge in [0.15, 0.2) is 12.5 Å². The van der Waals surface area contributed by atoms with Gasteiger partial charge in [0.1, 0.15) is 18.7 Å². The second-order valence-electron chi connectivity index (χ2n) is 17.5. The summed E-state index contributed by atoms with van der Waals surface area (Å²) < 4.78 is 20.8. The molecule has 380 valence electrons. The lowest BCUT2D eigenvalue weighted by Crippen LogP contribution is -2.53. The molecule has 2 aliphatic heterocycles. The van der Waals surface area contributed by atoms with Crippen LogP contribution in [0.1, 0.15) is 77.8 Å². The first-order valence-corrected chi connectivity index (χ1v) is 24.6. The molecule has 4 atom stereocenters. The van der Waals surface area contributed by atoms with E-state index in [4.69, 9.17) is 24.4 Å². The van der Waals surface area contributed by atoms with Crippen LogP contribution in [0.2, 0.25) is 0 Å². The van der Waals surface area contributed by atoms with Gasteiger partial charge in [0.25, 0.3) is 0 Å². The van der Waals surface area contributed by atoms with Crippen LogP contribution in [0, 0.1) is 29.1 Å². The van der Waals surface area contributed by atoms with Gasteiger partial charge in [-0.1, -0.05) is 181 Å². The summed E-state index contributed by atoms with van der Waals surface area (Å²) >= 11 is 0. The monoisotopic (exact) mass is 993 g/mol. The van der Waals surface area contributed by atoms with Gasteiger partial charge in [-0.3, -0.25) is 15.0 Å². The SMILES string of the molecule is CC(=N)OCC#Cc1ccccc1.COC(=O)[C@@H]1C[C@H](O)CCN1C(=O)C(c1ccccc1)c1ccccc1.COC(=O)[C@@H]1C[C@H](OCC#Cc2ccccc2)CCN1C(=O)C(c1ccccc1)c1ccccc1. The minimum atomic E-state index is -0.758. The van der Waals surface area contributed by atoms with Crippen LogP contribution in [0.4, 0.5) is 0 Å². The maximum Gasteiger partial charge on any atom is 0.328 e. The number of nitrogens with zero attached hydrogens (tertiary/aromatic N) is 2. The molecule has 0 aromatic heterocycles. The Kier molecular flexibility index (Phi) is 21.8. The van der Waals surface area contributed by atoms with Gasteiger partial charge >= 0.3 is 11.9 Å². The van der Waals surface area contributed by atoms with Gasteiger partial charge in [0, 0.05) is 44.0 Å². The lowest BCUT2D eigenvalue weighted by molar-refractivity contribution is -0.158. The summed E-state index contributed by atoms with van der Waals surface area (Å²) in [6.45, 7) is 2.87. The fourth-order valence-corrected chi connectivity index (χ4v) is 8.77. The van der Waals surface area contributed by atoms with Crippen LogP contribution in [-0.4, -0.2) is 109 Å². The number of methoxy groups -OCH3 is 2. The smallest absolute Gasteiger partial charge is 0.328 e. The van der Waals surface area contributed by atoms with Crippen molar-refractivity contribution in [2.75, 3.05) is 40.5 Å². The number of aliphatic hydroxyl groups excluding tert-OH is 1. The van der Waals surface area contributed by atoms with Crippen molar-refractivity contribution in [2.45, 2.75) is 68.7 Å². The summed E-state index contributed by atoms with van der Waals surface area (Å²) in [7, 11) is 2.66. The summed E-state index contributed by atoms with van der Waals surface area (Å²) in [5, 5.41) is 16.9. The van der Waals surface area contributed by atoms with E-state index in [1.165, 1.54) is 14.2 Å². The summed E-state index contributed by atoms with van der Waals surface area (Å²) in [6, 6.07) is 56.4. The van der Waals surface area contributed by atoms with E-state index < -0.39 is 42.0 Å². The highest BCUT2D eigenvalue weighted by Gasteiger charge is 2.41. The molecule has 2 N–H and O–H groups in total. The highest BCUT2D eigenvalue weighted by molar-refractivity contribution is 5.92. The lowest BCUT2D eigenvalue weighted by atomic mass is 9.88. The van der Waals surface area contributed by atoms with Gasteiger partial charge in [-0.25, -0.2) is 9.59 Å². The van der Waals surface area contributed by atoms with E-state index in [9.17, 15) is 24.3 Å². The van der Waals surface area contributed by atoms with Crippen LogP contribution < -0.4 is 0 Å². The molecule has 0 aliphatic carbocycles. The van der Waals surface area contributed by atoms with Crippen molar-refractivity contribution < 1.29 is 43.2 Å². The molecule has 6 aromatic rings. The van der Waals surface area contributed by atoms with E-state index in [2.05, 4.69) is 23.7 Å². The Hall–Kier alpha value is -8.29. The number of carbonyl (C=O) groups excluding carboxylic acids is 4. The molecule has 0 spiro atoms. The van der Waals surface area contributed by atoms with Crippen molar-refractivity contribution in [1.29, 1.82) is 5.41 Å². The topological polar surface area (TPSA) is 156 Å². The number of ether oxygens (including phenoxy) is 4. The average Bonchev–Trinajstić information content (AvgIpc) is 3.45. The number of nitrogens with one attached hydrogen (secondary N) is 1. The fourth-order valence-electron chi connectivity index (χ4n) is 8.77. The number of amides is 2. The number of piperidine rings is 2. The highest BCUT2D eigenvalue weighted by atomic mass is 16.5. The number of hydrogen-bond acceptors (Lipinski definition) is 10. The zero-order valence-corrected chi connectivity index (χ0v) is 42.0. The van der Waals surface area contributed by atoms with Gasteiger partial charge in [-0.15, -0.1) is 0 Å². The molecule has 2 aliphatic rings. The molecule has 12 heteroatoms. The molecule has 2 fully saturated rings. The van der Waals surface area contributed by atoms with Crippen LogP contribution in [0.5, 0.6) is 0 Å². The Labute approximate surface area is 434 Å². The Morgan fingerprint density at radius 2 is 0.892 bits per heavy atom. The van der Waals surface area contributed by atoms with Crippen molar-refractivity contribution in [3.05, 3.63) is 215 Å². The van der Waals surface area contributed by atoms with Gasteiger partial charge in [-0.2, -0.15) is 0 Å². The average molecular weight is 994 g/mol. The Morgan fingerprint density at radius 3 is 1.27 bits per heavy atom. The molecule has 74 heavy (non-hydrogen) atoms. The first-order chi connectivity index (χ1) is 36.1. The summed E-state index contributed by atoms with van der Waals surface area (Å²) in [5.74, 6) is 9.88. The standard InChI is InChI=1S/C30H29NO4.C21H23NO4.C11H11NO/c1-34-30(33)27-22-26(35-21-11-14-23-12-5-2-6-13-23)19-20-31(27)29(32)28(24-15-7-3-8-16-24)25-17-9-4-10-18-25;1-26-21(25)18-14-17(23)12-13-22(18)20(24)19(15-8-4-2-5-9-15)16-10-6-3-7-11-16;1-10(12)13-9-5-8-11-6-3-2-4-7-11/h2-10,12-13,15-18,26-28H,19-22H2,1H3;2-11,17-19,23H,12-14H2,1H3;2-4,6-7,12H,9H2,1H3/t26-,27+;17-,18+;/m11./s1. The molecular weight excluding hydrogens is 931 g/mol.